The molecule has 1 heterocycles. The summed E-state index contributed by atoms with van der Waals surface area (Å²) in [5, 5.41) is 0. The lowest BCUT2D eigenvalue weighted by molar-refractivity contribution is -0.138. The van der Waals surface area contributed by atoms with Crippen molar-refractivity contribution in [3.05, 3.63) is 25.0 Å². The Morgan fingerprint density at radius 1 is 1.90 bits per heavy atom. The maximum atomic E-state index is 10.4. The number of rotatable bonds is 3. The van der Waals surface area contributed by atoms with Gasteiger partial charge in [-0.15, -0.1) is 0 Å². The third-order valence-corrected chi connectivity index (χ3v) is 1.14. The lowest BCUT2D eigenvalue weighted by Crippen LogP contribution is -2.05. The van der Waals surface area contributed by atoms with Gasteiger partial charge in [0.1, 0.15) is 12.4 Å². The molecule has 3 heteroatoms. The predicted octanol–water partition coefficient (Wildman–Crippen LogP) is 0.628. The summed E-state index contributed by atoms with van der Waals surface area (Å²) < 4.78 is 9.45. The molecule has 1 fully saturated rings. The van der Waals surface area contributed by atoms with E-state index in [0.29, 0.717) is 5.76 Å². The first-order valence-electron chi connectivity index (χ1n) is 2.88. The van der Waals surface area contributed by atoms with Crippen LogP contribution in [0.5, 0.6) is 0 Å². The van der Waals surface area contributed by atoms with Gasteiger partial charge in [0.15, 0.2) is 6.10 Å². The maximum absolute atomic E-state index is 10.4. The average molecular weight is 140 g/mol. The molecule has 54 valence electrons. The summed E-state index contributed by atoms with van der Waals surface area (Å²) in [7, 11) is 0. The van der Waals surface area contributed by atoms with Crippen LogP contribution in [0.3, 0.4) is 0 Å². The smallest absolute Gasteiger partial charge is 0.330 e. The highest BCUT2D eigenvalue weighted by atomic mass is 16.6. The second-order valence-corrected chi connectivity index (χ2v) is 1.91. The molecule has 1 unspecified atom stereocenters. The van der Waals surface area contributed by atoms with Gasteiger partial charge >= 0.3 is 5.97 Å². The fourth-order valence-corrected chi connectivity index (χ4v) is 0.492. The molecule has 0 saturated carbocycles. The molecule has 1 saturated heterocycles. The number of epoxide rings is 1. The predicted molar refractivity (Wildman–Crippen MR) is 35.2 cm³/mol. The zero-order valence-corrected chi connectivity index (χ0v) is 5.50. The van der Waals surface area contributed by atoms with Gasteiger partial charge in [-0.2, -0.15) is 0 Å². The van der Waals surface area contributed by atoms with Gasteiger partial charge in [0.25, 0.3) is 0 Å². The molecule has 1 aliphatic heterocycles. The van der Waals surface area contributed by atoms with Crippen molar-refractivity contribution in [2.24, 2.45) is 0 Å². The number of hydrogen-bond donors (Lipinski definition) is 0. The minimum absolute atomic E-state index is 0.0797. The molecule has 3 nitrogen and oxygen atoms in total. The van der Waals surface area contributed by atoms with Gasteiger partial charge in [-0.25, -0.2) is 4.79 Å². The number of hydrogen-bond acceptors (Lipinski definition) is 3. The highest BCUT2D eigenvalue weighted by molar-refractivity contribution is 5.81. The van der Waals surface area contributed by atoms with E-state index in [0.717, 1.165) is 6.08 Å². The molecule has 0 spiro atoms. The second-order valence-electron chi connectivity index (χ2n) is 1.91. The first-order valence-corrected chi connectivity index (χ1v) is 2.88. The van der Waals surface area contributed by atoms with Gasteiger partial charge in [-0.05, 0) is 0 Å². The van der Waals surface area contributed by atoms with E-state index in [4.69, 9.17) is 4.74 Å². The Morgan fingerprint density at radius 3 is 2.90 bits per heavy atom. The van der Waals surface area contributed by atoms with Gasteiger partial charge in [0.05, 0.1) is 0 Å². The Morgan fingerprint density at radius 2 is 2.50 bits per heavy atom. The Labute approximate surface area is 58.9 Å². The van der Waals surface area contributed by atoms with E-state index in [1.54, 1.807) is 0 Å². The Balaban J connectivity index is 2.11. The van der Waals surface area contributed by atoms with E-state index in [9.17, 15) is 4.79 Å². The molecule has 0 amide bonds. The van der Waals surface area contributed by atoms with E-state index in [1.165, 1.54) is 0 Å². The molecule has 1 rings (SSSR count). The molecular formula is C7H8O3. The van der Waals surface area contributed by atoms with Crippen LogP contribution >= 0.6 is 0 Å². The van der Waals surface area contributed by atoms with E-state index in [2.05, 4.69) is 17.9 Å². The minimum Gasteiger partial charge on any atom is -0.480 e. The Bertz CT molecular complexity index is 183. The van der Waals surface area contributed by atoms with Crippen LogP contribution in [-0.2, 0) is 14.3 Å². The quantitative estimate of drug-likeness (QED) is 0.328. The molecule has 10 heavy (non-hydrogen) atoms. The van der Waals surface area contributed by atoms with Crippen LogP contribution in [-0.4, -0.2) is 18.7 Å². The van der Waals surface area contributed by atoms with Crippen LogP contribution in [0.4, 0.5) is 0 Å². The minimum atomic E-state index is -0.428. The molecule has 1 atom stereocenters. The number of esters is 1. The third-order valence-electron chi connectivity index (χ3n) is 1.14. The van der Waals surface area contributed by atoms with Crippen molar-refractivity contribution in [2.75, 3.05) is 6.61 Å². The van der Waals surface area contributed by atoms with Crippen molar-refractivity contribution >= 4 is 5.97 Å². The molecule has 0 bridgehead atoms. The van der Waals surface area contributed by atoms with E-state index >= 15 is 0 Å². The van der Waals surface area contributed by atoms with Crippen LogP contribution in [0.1, 0.15) is 0 Å². The molecule has 0 aromatic heterocycles. The topological polar surface area (TPSA) is 38.8 Å². The van der Waals surface area contributed by atoms with Crippen molar-refractivity contribution in [1.29, 1.82) is 0 Å². The SMILES string of the molecule is C=CC(=O)OCC1OC1=C. The highest BCUT2D eigenvalue weighted by Crippen LogP contribution is 2.24. The summed E-state index contributed by atoms with van der Waals surface area (Å²) in [4.78, 5) is 10.4. The number of ether oxygens (including phenoxy) is 2. The van der Waals surface area contributed by atoms with Gasteiger partial charge in [-0.1, -0.05) is 13.2 Å². The van der Waals surface area contributed by atoms with Gasteiger partial charge in [0.2, 0.25) is 0 Å². The standard InChI is InChI=1S/C7H8O3/c1-3-7(8)9-4-6-5(2)10-6/h3,6H,1-2,4H2. The second kappa shape index (κ2) is 2.56. The van der Waals surface area contributed by atoms with E-state index in [1.807, 2.05) is 0 Å². The highest BCUT2D eigenvalue weighted by Gasteiger charge is 2.31. The van der Waals surface area contributed by atoms with Crippen molar-refractivity contribution in [3.8, 4) is 0 Å². The summed E-state index contributed by atoms with van der Waals surface area (Å²) in [6.07, 6.45) is 1.04. The van der Waals surface area contributed by atoms with Crippen LogP contribution < -0.4 is 0 Å². The monoisotopic (exact) mass is 140 g/mol. The normalized spacial score (nSPS) is 21.2. The van der Waals surface area contributed by atoms with E-state index in [-0.39, 0.29) is 12.7 Å². The van der Waals surface area contributed by atoms with Gasteiger partial charge < -0.3 is 9.47 Å². The summed E-state index contributed by atoms with van der Waals surface area (Å²) >= 11 is 0. The van der Waals surface area contributed by atoms with Crippen LogP contribution in [0.2, 0.25) is 0 Å². The van der Waals surface area contributed by atoms with Gasteiger partial charge in [-0.3, -0.25) is 0 Å². The third kappa shape index (κ3) is 1.62. The summed E-state index contributed by atoms with van der Waals surface area (Å²) in [6.45, 7) is 7.01. The maximum Gasteiger partial charge on any atom is 0.330 e. The van der Waals surface area contributed by atoms with Crippen LogP contribution in [0.25, 0.3) is 0 Å². The largest absolute Gasteiger partial charge is 0.480 e. The molecule has 1 aliphatic rings. The molecule has 0 radical (unpaired) electrons. The average Bonchev–Trinajstić information content (AvgIpc) is 2.61. The molecule has 0 N–H and O–H groups in total. The first kappa shape index (κ1) is 6.86. The zero-order chi connectivity index (χ0) is 7.56. The number of carbonyl (C=O) groups excluding carboxylic acids is 1. The Hall–Kier alpha value is -1.25. The molecular weight excluding hydrogens is 132 g/mol. The molecule has 0 aliphatic carbocycles. The lowest BCUT2D eigenvalue weighted by Gasteiger charge is -1.94. The van der Waals surface area contributed by atoms with Crippen molar-refractivity contribution in [2.45, 2.75) is 6.10 Å². The first-order chi connectivity index (χ1) is 4.74. The van der Waals surface area contributed by atoms with Crippen LogP contribution in [0.15, 0.2) is 25.0 Å². The summed E-state index contributed by atoms with van der Waals surface area (Å²) in [5.74, 6) is 0.250. The fraction of sp³-hybridized carbons (Fsp3) is 0.286. The molecule has 0 aromatic carbocycles. The van der Waals surface area contributed by atoms with Gasteiger partial charge in [0, 0.05) is 6.08 Å². The van der Waals surface area contributed by atoms with Crippen molar-refractivity contribution in [3.63, 3.8) is 0 Å². The van der Waals surface area contributed by atoms with E-state index < -0.39 is 5.97 Å². The van der Waals surface area contributed by atoms with Crippen molar-refractivity contribution in [1.82, 2.24) is 0 Å². The lowest BCUT2D eigenvalue weighted by atomic mass is 10.4. The van der Waals surface area contributed by atoms with Crippen molar-refractivity contribution < 1.29 is 14.3 Å². The zero-order valence-electron chi connectivity index (χ0n) is 5.50. The Kier molecular flexibility index (Phi) is 1.76. The summed E-state index contributed by atoms with van der Waals surface area (Å²) in [6, 6.07) is 0. The fourth-order valence-electron chi connectivity index (χ4n) is 0.492. The molecule has 0 aromatic rings. The number of carbonyl (C=O) groups is 1. The summed E-state index contributed by atoms with van der Waals surface area (Å²) in [5.41, 5.74) is 0. The van der Waals surface area contributed by atoms with Crippen LogP contribution in [0, 0.1) is 0 Å².